The fourth-order valence-electron chi connectivity index (χ4n) is 2.51. The molecule has 0 aliphatic heterocycles. The Balaban J connectivity index is 0.000000388. The van der Waals surface area contributed by atoms with E-state index in [1.807, 2.05) is 0 Å². The molecule has 1 N–H and O–H groups in total. The molecule has 0 bridgehead atoms. The molecule has 0 saturated heterocycles. The van der Waals surface area contributed by atoms with Gasteiger partial charge in [-0.25, -0.2) is 0 Å². The lowest BCUT2D eigenvalue weighted by molar-refractivity contribution is 0.385. The topological polar surface area (TPSA) is 12.0 Å². The van der Waals surface area contributed by atoms with Gasteiger partial charge in [0.15, 0.2) is 0 Å². The number of hydrogen-bond acceptors (Lipinski definition) is 1. The minimum atomic E-state index is 0.689. The standard InChI is InChI=1S/C11H25N.C7H14/c1-5-7-8-10(3)9-12-11(4)6-2;1-7-5-3-2-4-6-7/h10-12H,5-9H2,1-4H3;7H,2-6H2,1H3/t10?,11-;/m1./s1. The van der Waals surface area contributed by atoms with Crippen molar-refractivity contribution in [1.29, 1.82) is 0 Å². The molecule has 1 nitrogen and oxygen atoms in total. The second-order valence-electron chi connectivity index (χ2n) is 6.71. The quantitative estimate of drug-likeness (QED) is 0.617. The van der Waals surface area contributed by atoms with Gasteiger partial charge in [0.1, 0.15) is 0 Å². The maximum absolute atomic E-state index is 3.54. The van der Waals surface area contributed by atoms with Crippen molar-refractivity contribution in [2.24, 2.45) is 11.8 Å². The summed E-state index contributed by atoms with van der Waals surface area (Å²) >= 11 is 0. The van der Waals surface area contributed by atoms with E-state index >= 15 is 0 Å². The molecule has 116 valence electrons. The molecule has 0 aromatic carbocycles. The van der Waals surface area contributed by atoms with Crippen molar-refractivity contribution in [2.75, 3.05) is 6.54 Å². The van der Waals surface area contributed by atoms with Crippen molar-refractivity contribution in [3.8, 4) is 0 Å². The van der Waals surface area contributed by atoms with Gasteiger partial charge in [-0.2, -0.15) is 0 Å². The molecule has 0 aromatic heterocycles. The Labute approximate surface area is 122 Å². The molecule has 0 heterocycles. The molecule has 1 saturated carbocycles. The van der Waals surface area contributed by atoms with Crippen LogP contribution in [0.5, 0.6) is 0 Å². The average Bonchev–Trinajstić information content (AvgIpc) is 2.44. The van der Waals surface area contributed by atoms with Crippen molar-refractivity contribution >= 4 is 0 Å². The lowest BCUT2D eigenvalue weighted by atomic mass is 9.91. The second-order valence-corrected chi connectivity index (χ2v) is 6.71. The molecule has 0 amide bonds. The minimum absolute atomic E-state index is 0.689. The van der Waals surface area contributed by atoms with E-state index < -0.39 is 0 Å². The summed E-state index contributed by atoms with van der Waals surface area (Å²) in [6, 6.07) is 0.689. The van der Waals surface area contributed by atoms with Gasteiger partial charge < -0.3 is 5.32 Å². The average molecular weight is 270 g/mol. The lowest BCUT2D eigenvalue weighted by Gasteiger charge is -2.15. The van der Waals surface area contributed by atoms with E-state index in [9.17, 15) is 0 Å². The predicted octanol–water partition coefficient (Wildman–Crippen LogP) is 5.79. The molecular formula is C18H39N. The highest BCUT2D eigenvalue weighted by molar-refractivity contribution is 4.62. The zero-order valence-electron chi connectivity index (χ0n) is 14.3. The molecule has 1 unspecified atom stereocenters. The molecule has 0 radical (unpaired) electrons. The summed E-state index contributed by atoms with van der Waals surface area (Å²) in [5.41, 5.74) is 0. The van der Waals surface area contributed by atoms with Gasteiger partial charge in [-0.1, -0.05) is 72.6 Å². The zero-order chi connectivity index (χ0) is 14.5. The van der Waals surface area contributed by atoms with Crippen LogP contribution in [0.3, 0.4) is 0 Å². The molecule has 1 aliphatic rings. The van der Waals surface area contributed by atoms with Crippen molar-refractivity contribution in [2.45, 2.75) is 98.4 Å². The molecule has 1 heteroatoms. The Kier molecular flexibility index (Phi) is 12.9. The molecule has 0 spiro atoms. The summed E-state index contributed by atoms with van der Waals surface area (Å²) in [6.07, 6.45) is 12.8. The van der Waals surface area contributed by atoms with E-state index in [0.29, 0.717) is 6.04 Å². The fraction of sp³-hybridized carbons (Fsp3) is 1.00. The van der Waals surface area contributed by atoms with Crippen LogP contribution in [-0.4, -0.2) is 12.6 Å². The monoisotopic (exact) mass is 269 g/mol. The van der Waals surface area contributed by atoms with Gasteiger partial charge in [0, 0.05) is 6.04 Å². The van der Waals surface area contributed by atoms with E-state index in [0.717, 1.165) is 11.8 Å². The van der Waals surface area contributed by atoms with E-state index in [-0.39, 0.29) is 0 Å². The summed E-state index contributed by atoms with van der Waals surface area (Å²) in [5.74, 6) is 1.88. The van der Waals surface area contributed by atoms with Crippen LogP contribution in [0, 0.1) is 11.8 Å². The van der Waals surface area contributed by atoms with Crippen molar-refractivity contribution in [3.05, 3.63) is 0 Å². The summed E-state index contributed by atoms with van der Waals surface area (Å²) < 4.78 is 0. The number of nitrogens with one attached hydrogen (secondary N) is 1. The third-order valence-corrected chi connectivity index (χ3v) is 4.37. The Hall–Kier alpha value is -0.0400. The third kappa shape index (κ3) is 12.7. The lowest BCUT2D eigenvalue weighted by Crippen LogP contribution is -2.29. The van der Waals surface area contributed by atoms with Crippen molar-refractivity contribution in [1.82, 2.24) is 5.32 Å². The molecular weight excluding hydrogens is 230 g/mol. The first kappa shape index (κ1) is 19.0. The van der Waals surface area contributed by atoms with Gasteiger partial charge in [0.25, 0.3) is 0 Å². The van der Waals surface area contributed by atoms with Crippen molar-refractivity contribution < 1.29 is 0 Å². The largest absolute Gasteiger partial charge is 0.314 e. The van der Waals surface area contributed by atoms with Crippen LogP contribution >= 0.6 is 0 Å². The van der Waals surface area contributed by atoms with Gasteiger partial charge in [-0.15, -0.1) is 0 Å². The van der Waals surface area contributed by atoms with Crippen LogP contribution in [0.1, 0.15) is 92.4 Å². The second kappa shape index (κ2) is 13.0. The van der Waals surface area contributed by atoms with Crippen LogP contribution in [0.4, 0.5) is 0 Å². The normalized spacial score (nSPS) is 19.4. The summed E-state index contributed by atoms with van der Waals surface area (Å²) in [5, 5.41) is 3.54. The SMILES string of the molecule is CC1CCCCC1.CCCCC(C)CN[C@H](C)CC. The molecule has 2 atom stereocenters. The molecule has 1 fully saturated rings. The van der Waals surface area contributed by atoms with Gasteiger partial charge >= 0.3 is 0 Å². The highest BCUT2D eigenvalue weighted by atomic mass is 14.9. The Bertz CT molecular complexity index is 173. The third-order valence-electron chi connectivity index (χ3n) is 4.37. The minimum Gasteiger partial charge on any atom is -0.314 e. The predicted molar refractivity (Wildman–Crippen MR) is 88.7 cm³/mol. The maximum atomic E-state index is 3.54. The van der Waals surface area contributed by atoms with Crippen molar-refractivity contribution in [3.63, 3.8) is 0 Å². The van der Waals surface area contributed by atoms with Gasteiger partial charge in [0.05, 0.1) is 0 Å². The summed E-state index contributed by atoms with van der Waals surface area (Å²) in [7, 11) is 0. The van der Waals surface area contributed by atoms with Gasteiger partial charge in [-0.05, 0) is 38.1 Å². The molecule has 0 aromatic rings. The van der Waals surface area contributed by atoms with Crippen LogP contribution in [0.15, 0.2) is 0 Å². The highest BCUT2D eigenvalue weighted by Gasteiger charge is 2.06. The maximum Gasteiger partial charge on any atom is 0.00362 e. The smallest absolute Gasteiger partial charge is 0.00362 e. The number of unbranched alkanes of at least 4 members (excludes halogenated alkanes) is 1. The van der Waals surface area contributed by atoms with E-state index in [1.165, 1.54) is 64.3 Å². The first-order valence-corrected chi connectivity index (χ1v) is 8.83. The van der Waals surface area contributed by atoms with Crippen LogP contribution < -0.4 is 5.32 Å². The first-order valence-electron chi connectivity index (χ1n) is 8.83. The van der Waals surface area contributed by atoms with Gasteiger partial charge in [0.2, 0.25) is 0 Å². The molecule has 1 aliphatic carbocycles. The zero-order valence-corrected chi connectivity index (χ0v) is 14.3. The Morgan fingerprint density at radius 1 is 1.05 bits per heavy atom. The first-order chi connectivity index (χ1) is 9.10. The van der Waals surface area contributed by atoms with Crippen LogP contribution in [0.2, 0.25) is 0 Å². The Morgan fingerprint density at radius 2 is 1.68 bits per heavy atom. The van der Waals surface area contributed by atoms with E-state index in [2.05, 4.69) is 39.9 Å². The van der Waals surface area contributed by atoms with Crippen LogP contribution in [-0.2, 0) is 0 Å². The van der Waals surface area contributed by atoms with E-state index in [4.69, 9.17) is 0 Å². The van der Waals surface area contributed by atoms with Crippen LogP contribution in [0.25, 0.3) is 0 Å². The summed E-state index contributed by atoms with van der Waals surface area (Å²) in [6.45, 7) is 12.6. The van der Waals surface area contributed by atoms with Gasteiger partial charge in [-0.3, -0.25) is 0 Å². The number of rotatable bonds is 7. The molecule has 1 rings (SSSR count). The number of hydrogen-bond donors (Lipinski definition) is 1. The van der Waals surface area contributed by atoms with E-state index in [1.54, 1.807) is 0 Å². The fourth-order valence-corrected chi connectivity index (χ4v) is 2.51. The summed E-state index contributed by atoms with van der Waals surface area (Å²) in [4.78, 5) is 0. The Morgan fingerprint density at radius 3 is 2.11 bits per heavy atom. The highest BCUT2D eigenvalue weighted by Crippen LogP contribution is 2.22. The molecule has 19 heavy (non-hydrogen) atoms.